The van der Waals surface area contributed by atoms with Crippen LogP contribution in [0.1, 0.15) is 10.6 Å². The van der Waals surface area contributed by atoms with Gasteiger partial charge in [0.1, 0.15) is 5.75 Å². The van der Waals surface area contributed by atoms with E-state index in [-0.39, 0.29) is 11.7 Å². The third-order valence-electron chi connectivity index (χ3n) is 4.29. The molecule has 1 heterocycles. The maximum Gasteiger partial charge on any atom is 0.293 e. The van der Waals surface area contributed by atoms with E-state index in [0.29, 0.717) is 17.3 Å². The summed E-state index contributed by atoms with van der Waals surface area (Å²) in [5, 5.41) is 2.84. The summed E-state index contributed by atoms with van der Waals surface area (Å²) in [6.45, 7) is 0. The summed E-state index contributed by atoms with van der Waals surface area (Å²) in [5.74, 6) is 0.850. The number of nitrogens with zero attached hydrogens (tertiary/aromatic N) is 1. The predicted molar refractivity (Wildman–Crippen MR) is 127 cm³/mol. The Morgan fingerprint density at radius 2 is 1.77 bits per heavy atom. The lowest BCUT2D eigenvalue weighted by molar-refractivity contribution is 0.0997. The molecule has 0 radical (unpaired) electrons. The second-order valence-corrected chi connectivity index (χ2v) is 8.19. The molecule has 0 fully saturated rings. The fourth-order valence-electron chi connectivity index (χ4n) is 2.75. The molecule has 0 unspecified atom stereocenters. The Morgan fingerprint density at radius 3 is 2.52 bits per heavy atom. The zero-order chi connectivity index (χ0) is 21.6. The van der Waals surface area contributed by atoms with Gasteiger partial charge in [-0.3, -0.25) is 4.79 Å². The van der Waals surface area contributed by atoms with Crippen LogP contribution in [0.25, 0.3) is 11.5 Å². The molecule has 3 aromatic carbocycles. The molecule has 0 saturated carbocycles. The van der Waals surface area contributed by atoms with Crippen LogP contribution >= 0.6 is 27.9 Å². The van der Waals surface area contributed by atoms with Crippen LogP contribution in [0.5, 0.6) is 5.75 Å². The number of hydrogen-bond donors (Lipinski definition) is 2. The Hall–Kier alpha value is -3.23. The molecule has 0 saturated heterocycles. The minimum absolute atomic E-state index is 0.136. The highest BCUT2D eigenvalue weighted by Gasteiger charge is 2.15. The third-order valence-corrected chi connectivity index (χ3v) is 5.70. The second-order valence-electron chi connectivity index (χ2n) is 6.43. The van der Waals surface area contributed by atoms with Crippen molar-refractivity contribution in [1.82, 2.24) is 4.98 Å². The number of benzene rings is 3. The van der Waals surface area contributed by atoms with E-state index in [9.17, 15) is 4.79 Å². The summed E-state index contributed by atoms with van der Waals surface area (Å²) in [5.41, 5.74) is 2.37. The third kappa shape index (κ3) is 5.28. The molecule has 0 atom stereocenters. The highest BCUT2D eigenvalue weighted by molar-refractivity contribution is 9.10. The monoisotopic (exact) mass is 495 g/mol. The zero-order valence-corrected chi connectivity index (χ0v) is 18.9. The van der Waals surface area contributed by atoms with E-state index < -0.39 is 0 Å². The molecule has 4 aromatic rings. The smallest absolute Gasteiger partial charge is 0.293 e. The van der Waals surface area contributed by atoms with Crippen LogP contribution in [-0.2, 0) is 0 Å². The van der Waals surface area contributed by atoms with Gasteiger partial charge in [-0.2, -0.15) is 0 Å². The molecule has 1 amide bonds. The largest absolute Gasteiger partial charge is 0.496 e. The van der Waals surface area contributed by atoms with Crippen molar-refractivity contribution in [3.63, 3.8) is 0 Å². The van der Waals surface area contributed by atoms with E-state index in [1.54, 1.807) is 19.2 Å². The molecule has 2 N–H and O–H groups in total. The first-order valence-electron chi connectivity index (χ1n) is 9.31. The first kappa shape index (κ1) is 21.0. The molecule has 0 aliphatic rings. The lowest BCUT2D eigenvalue weighted by Gasteiger charge is -2.12. The predicted octanol–water partition coefficient (Wildman–Crippen LogP) is 6.48. The van der Waals surface area contributed by atoms with Crippen molar-refractivity contribution in [2.24, 2.45) is 0 Å². The highest BCUT2D eigenvalue weighted by Crippen LogP contribution is 2.33. The van der Waals surface area contributed by atoms with Gasteiger partial charge in [-0.15, -0.1) is 0 Å². The summed E-state index contributed by atoms with van der Waals surface area (Å²) in [6, 6.07) is 22.7. The SMILES string of the molecule is COc1ccc(NC(=O)c2cnc(-c3ccccc3)o2)cc1SNc1ccc(Br)cc1. The van der Waals surface area contributed by atoms with E-state index in [0.717, 1.165) is 20.6 Å². The number of carbonyl (C=O) groups excluding carboxylic acids is 1. The summed E-state index contributed by atoms with van der Waals surface area (Å²) >= 11 is 4.82. The first-order chi connectivity index (χ1) is 15.1. The normalized spacial score (nSPS) is 10.5. The topological polar surface area (TPSA) is 76.4 Å². The Labute approximate surface area is 192 Å². The van der Waals surface area contributed by atoms with E-state index >= 15 is 0 Å². The van der Waals surface area contributed by atoms with Gasteiger partial charge in [0.2, 0.25) is 11.7 Å². The Bertz CT molecular complexity index is 1180. The quantitative estimate of drug-likeness (QED) is 0.285. The molecule has 156 valence electrons. The minimum Gasteiger partial charge on any atom is -0.496 e. The Kier molecular flexibility index (Phi) is 6.59. The molecule has 0 bridgehead atoms. The fourth-order valence-corrected chi connectivity index (χ4v) is 3.82. The molecular weight excluding hydrogens is 478 g/mol. The average molecular weight is 496 g/mol. The van der Waals surface area contributed by atoms with Gasteiger partial charge >= 0.3 is 0 Å². The minimum atomic E-state index is -0.378. The van der Waals surface area contributed by atoms with Crippen molar-refractivity contribution in [3.8, 4) is 17.2 Å². The standard InChI is InChI=1S/C23H18BrN3O3S/c1-29-19-12-11-18(13-21(19)31-27-17-9-7-16(24)8-10-17)26-22(28)20-14-25-23(30-20)15-5-3-2-4-6-15/h2-14,27H,1H3,(H,26,28). The Balaban J connectivity index is 1.47. The van der Waals surface area contributed by atoms with Gasteiger partial charge in [0.25, 0.3) is 5.91 Å². The van der Waals surface area contributed by atoms with Gasteiger partial charge in [-0.1, -0.05) is 34.1 Å². The van der Waals surface area contributed by atoms with Crippen molar-refractivity contribution in [3.05, 3.63) is 89.2 Å². The van der Waals surface area contributed by atoms with E-state index in [1.807, 2.05) is 60.7 Å². The van der Waals surface area contributed by atoms with E-state index in [4.69, 9.17) is 9.15 Å². The van der Waals surface area contributed by atoms with Crippen LogP contribution in [0.15, 0.2) is 92.8 Å². The number of anilines is 2. The summed E-state index contributed by atoms with van der Waals surface area (Å²) < 4.78 is 15.3. The number of amides is 1. The summed E-state index contributed by atoms with van der Waals surface area (Å²) in [6.07, 6.45) is 1.42. The second kappa shape index (κ2) is 9.72. The van der Waals surface area contributed by atoms with Crippen molar-refractivity contribution in [1.29, 1.82) is 0 Å². The number of ether oxygens (including phenoxy) is 1. The molecule has 0 aliphatic heterocycles. The maximum absolute atomic E-state index is 12.6. The van der Waals surface area contributed by atoms with Crippen molar-refractivity contribution >= 4 is 45.2 Å². The van der Waals surface area contributed by atoms with E-state index in [1.165, 1.54) is 18.1 Å². The molecule has 8 heteroatoms. The van der Waals surface area contributed by atoms with Crippen LogP contribution in [0.4, 0.5) is 11.4 Å². The van der Waals surface area contributed by atoms with Crippen LogP contribution in [0, 0.1) is 0 Å². The lowest BCUT2D eigenvalue weighted by atomic mass is 10.2. The molecule has 0 aliphatic carbocycles. The molecular formula is C23H18BrN3O3S. The van der Waals surface area contributed by atoms with Crippen LogP contribution in [0.2, 0.25) is 0 Å². The lowest BCUT2D eigenvalue weighted by Crippen LogP contribution is -2.11. The fraction of sp³-hybridized carbons (Fsp3) is 0.0435. The number of halogens is 1. The number of nitrogens with one attached hydrogen (secondary N) is 2. The van der Waals surface area contributed by atoms with Crippen molar-refractivity contribution in [2.45, 2.75) is 4.90 Å². The maximum atomic E-state index is 12.6. The molecule has 6 nitrogen and oxygen atoms in total. The number of rotatable bonds is 7. The van der Waals surface area contributed by atoms with E-state index in [2.05, 4.69) is 31.0 Å². The van der Waals surface area contributed by atoms with Gasteiger partial charge < -0.3 is 19.2 Å². The van der Waals surface area contributed by atoms with Crippen LogP contribution in [-0.4, -0.2) is 18.0 Å². The van der Waals surface area contributed by atoms with Gasteiger partial charge in [0, 0.05) is 21.4 Å². The summed E-state index contributed by atoms with van der Waals surface area (Å²) in [4.78, 5) is 17.7. The van der Waals surface area contributed by atoms with Gasteiger partial charge in [0.15, 0.2) is 0 Å². The molecule has 4 rings (SSSR count). The van der Waals surface area contributed by atoms with Crippen LogP contribution in [0.3, 0.4) is 0 Å². The molecule has 0 spiro atoms. The molecule has 1 aromatic heterocycles. The highest BCUT2D eigenvalue weighted by atomic mass is 79.9. The van der Waals surface area contributed by atoms with Crippen LogP contribution < -0.4 is 14.8 Å². The van der Waals surface area contributed by atoms with Gasteiger partial charge in [0.05, 0.1) is 18.2 Å². The number of oxazole rings is 1. The number of aromatic nitrogens is 1. The molecule has 31 heavy (non-hydrogen) atoms. The number of hydrogen-bond acceptors (Lipinski definition) is 6. The number of methoxy groups -OCH3 is 1. The summed E-state index contributed by atoms with van der Waals surface area (Å²) in [7, 11) is 1.61. The van der Waals surface area contributed by atoms with Gasteiger partial charge in [-0.25, -0.2) is 4.98 Å². The number of carbonyl (C=O) groups is 1. The average Bonchev–Trinajstić information content (AvgIpc) is 3.30. The zero-order valence-electron chi connectivity index (χ0n) is 16.5. The Morgan fingerprint density at radius 1 is 1.03 bits per heavy atom. The van der Waals surface area contributed by atoms with Crippen molar-refractivity contribution < 1.29 is 13.9 Å². The van der Waals surface area contributed by atoms with Gasteiger partial charge in [-0.05, 0) is 66.5 Å². The van der Waals surface area contributed by atoms with Crippen molar-refractivity contribution in [2.75, 3.05) is 17.1 Å². The first-order valence-corrected chi connectivity index (χ1v) is 10.9.